The highest BCUT2D eigenvalue weighted by Crippen LogP contribution is 2.34. The first-order valence-electron chi connectivity index (χ1n) is 6.56. The lowest BCUT2D eigenvalue weighted by atomic mass is 10.2. The molecule has 0 bridgehead atoms. The molecule has 24 heavy (non-hydrogen) atoms. The van der Waals surface area contributed by atoms with Gasteiger partial charge in [-0.15, -0.1) is 0 Å². The molecule has 2 aromatic rings. The largest absolute Gasteiger partial charge is 0.493 e. The van der Waals surface area contributed by atoms with Gasteiger partial charge in [-0.1, -0.05) is 17.7 Å². The Balaban J connectivity index is 2.54. The van der Waals surface area contributed by atoms with Gasteiger partial charge in [0.2, 0.25) is 0 Å². The van der Waals surface area contributed by atoms with Crippen molar-refractivity contribution in [2.45, 2.75) is 4.90 Å². The Labute approximate surface area is 143 Å². The molecule has 9 heteroatoms. The highest BCUT2D eigenvalue weighted by atomic mass is 35.5. The topological polar surface area (TPSA) is 102 Å². The van der Waals surface area contributed by atoms with Gasteiger partial charge >= 0.3 is 5.97 Å². The molecule has 2 rings (SSSR count). The van der Waals surface area contributed by atoms with Crippen molar-refractivity contribution in [2.75, 3.05) is 18.9 Å². The zero-order chi connectivity index (χ0) is 17.9. The van der Waals surface area contributed by atoms with Crippen LogP contribution in [0.25, 0.3) is 0 Å². The molecule has 0 aliphatic carbocycles. The summed E-state index contributed by atoms with van der Waals surface area (Å²) in [5.41, 5.74) is -0.0857. The molecule has 0 aromatic heterocycles. The second-order valence-electron chi connectivity index (χ2n) is 4.63. The number of nitrogens with one attached hydrogen (secondary N) is 1. The summed E-state index contributed by atoms with van der Waals surface area (Å²) in [6.07, 6.45) is 0. The summed E-state index contributed by atoms with van der Waals surface area (Å²) in [5.74, 6) is -1.42. The van der Waals surface area contributed by atoms with Crippen LogP contribution < -0.4 is 14.2 Å². The standard InChI is InChI=1S/C15H14ClNO6S/c1-22-13-8-11(7-12(15(18)19)14(13)23-2)24(20,21)17-10-5-3-4-9(16)6-10/h3-8,17H,1-2H3,(H,18,19). The number of benzene rings is 2. The van der Waals surface area contributed by atoms with E-state index in [0.29, 0.717) is 5.02 Å². The molecular weight excluding hydrogens is 358 g/mol. The van der Waals surface area contributed by atoms with E-state index in [0.717, 1.165) is 6.07 Å². The molecule has 0 aliphatic heterocycles. The molecular formula is C15H14ClNO6S. The number of rotatable bonds is 6. The Morgan fingerprint density at radius 3 is 2.42 bits per heavy atom. The summed E-state index contributed by atoms with van der Waals surface area (Å²) in [7, 11) is -1.50. The molecule has 0 radical (unpaired) electrons. The van der Waals surface area contributed by atoms with Gasteiger partial charge in [0.05, 0.1) is 24.8 Å². The number of ether oxygens (including phenoxy) is 2. The molecule has 0 saturated heterocycles. The van der Waals surface area contributed by atoms with E-state index in [1.165, 1.54) is 32.4 Å². The fourth-order valence-corrected chi connectivity index (χ4v) is 3.30. The van der Waals surface area contributed by atoms with E-state index < -0.39 is 16.0 Å². The maximum atomic E-state index is 12.5. The molecule has 0 spiro atoms. The maximum absolute atomic E-state index is 12.5. The molecule has 0 heterocycles. The van der Waals surface area contributed by atoms with Crippen LogP contribution >= 0.6 is 11.6 Å². The minimum absolute atomic E-state index is 0.0103. The quantitative estimate of drug-likeness (QED) is 0.809. The van der Waals surface area contributed by atoms with Crippen LogP contribution in [0.4, 0.5) is 5.69 Å². The number of carbonyl (C=O) groups is 1. The minimum Gasteiger partial charge on any atom is -0.493 e. The minimum atomic E-state index is -4.05. The van der Waals surface area contributed by atoms with Crippen LogP contribution in [0.2, 0.25) is 5.02 Å². The van der Waals surface area contributed by atoms with Crippen LogP contribution in [0.1, 0.15) is 10.4 Å². The van der Waals surface area contributed by atoms with Crippen molar-refractivity contribution in [3.63, 3.8) is 0 Å². The first-order chi connectivity index (χ1) is 11.3. The average Bonchev–Trinajstić information content (AvgIpc) is 2.52. The van der Waals surface area contributed by atoms with Gasteiger partial charge in [0.1, 0.15) is 5.56 Å². The molecule has 2 aromatic carbocycles. The van der Waals surface area contributed by atoms with Crippen LogP contribution in [-0.4, -0.2) is 33.7 Å². The lowest BCUT2D eigenvalue weighted by molar-refractivity contribution is 0.0692. The van der Waals surface area contributed by atoms with E-state index in [2.05, 4.69) is 4.72 Å². The third-order valence-electron chi connectivity index (χ3n) is 3.07. The van der Waals surface area contributed by atoms with Crippen LogP contribution in [0.3, 0.4) is 0 Å². The highest BCUT2D eigenvalue weighted by molar-refractivity contribution is 7.92. The fourth-order valence-electron chi connectivity index (χ4n) is 2.02. The van der Waals surface area contributed by atoms with Gasteiger partial charge in [-0.05, 0) is 24.3 Å². The van der Waals surface area contributed by atoms with E-state index in [9.17, 15) is 18.3 Å². The van der Waals surface area contributed by atoms with E-state index in [-0.39, 0.29) is 27.6 Å². The van der Waals surface area contributed by atoms with Gasteiger partial charge in [0, 0.05) is 11.1 Å². The molecule has 0 amide bonds. The van der Waals surface area contributed by atoms with Crippen LogP contribution in [-0.2, 0) is 10.0 Å². The Bertz CT molecular complexity index is 882. The monoisotopic (exact) mass is 371 g/mol. The fraction of sp³-hybridized carbons (Fsp3) is 0.133. The molecule has 0 fully saturated rings. The highest BCUT2D eigenvalue weighted by Gasteiger charge is 2.24. The number of aromatic carboxylic acids is 1. The van der Waals surface area contributed by atoms with Crippen molar-refractivity contribution in [3.05, 3.63) is 47.0 Å². The number of methoxy groups -OCH3 is 2. The van der Waals surface area contributed by atoms with Crippen LogP contribution in [0.15, 0.2) is 41.3 Å². The zero-order valence-corrected chi connectivity index (χ0v) is 14.3. The Hall–Kier alpha value is -2.45. The van der Waals surface area contributed by atoms with Crippen molar-refractivity contribution in [2.24, 2.45) is 0 Å². The SMILES string of the molecule is COc1cc(S(=O)(=O)Nc2cccc(Cl)c2)cc(C(=O)O)c1OC. The number of hydrogen-bond donors (Lipinski definition) is 2. The number of carboxylic acid groups (broad SMARTS) is 1. The molecule has 2 N–H and O–H groups in total. The van der Waals surface area contributed by atoms with Crippen molar-refractivity contribution < 1.29 is 27.8 Å². The second kappa shape index (κ2) is 6.98. The second-order valence-corrected chi connectivity index (χ2v) is 6.75. The number of carboxylic acids is 1. The number of halogens is 1. The molecule has 7 nitrogen and oxygen atoms in total. The third-order valence-corrected chi connectivity index (χ3v) is 4.67. The summed E-state index contributed by atoms with van der Waals surface area (Å²) in [5, 5.41) is 9.62. The van der Waals surface area contributed by atoms with Crippen molar-refractivity contribution >= 4 is 33.3 Å². The molecule has 0 saturated carbocycles. The lowest BCUT2D eigenvalue weighted by Gasteiger charge is -2.14. The summed E-state index contributed by atoms with van der Waals surface area (Å²) < 4.78 is 37.4. The molecule has 128 valence electrons. The van der Waals surface area contributed by atoms with Crippen LogP contribution in [0, 0.1) is 0 Å². The lowest BCUT2D eigenvalue weighted by Crippen LogP contribution is -2.14. The normalized spacial score (nSPS) is 11.0. The van der Waals surface area contributed by atoms with Gasteiger partial charge in [0.15, 0.2) is 11.5 Å². The van der Waals surface area contributed by atoms with Crippen molar-refractivity contribution in [1.29, 1.82) is 0 Å². The third kappa shape index (κ3) is 3.72. The molecule has 0 aliphatic rings. The number of hydrogen-bond acceptors (Lipinski definition) is 5. The summed E-state index contributed by atoms with van der Waals surface area (Å²) in [4.78, 5) is 11.1. The van der Waals surface area contributed by atoms with E-state index >= 15 is 0 Å². The predicted octanol–water partition coefficient (Wildman–Crippen LogP) is 2.86. The van der Waals surface area contributed by atoms with Gasteiger partial charge in [-0.2, -0.15) is 0 Å². The van der Waals surface area contributed by atoms with Gasteiger partial charge in [-0.3, -0.25) is 4.72 Å². The Morgan fingerprint density at radius 1 is 1.17 bits per heavy atom. The summed E-state index contributed by atoms with van der Waals surface area (Å²) >= 11 is 5.82. The Morgan fingerprint density at radius 2 is 1.88 bits per heavy atom. The van der Waals surface area contributed by atoms with Gasteiger partial charge < -0.3 is 14.6 Å². The maximum Gasteiger partial charge on any atom is 0.339 e. The van der Waals surface area contributed by atoms with E-state index in [4.69, 9.17) is 21.1 Å². The average molecular weight is 372 g/mol. The van der Waals surface area contributed by atoms with Crippen molar-refractivity contribution in [3.8, 4) is 11.5 Å². The van der Waals surface area contributed by atoms with Gasteiger partial charge in [0.25, 0.3) is 10.0 Å². The summed E-state index contributed by atoms with van der Waals surface area (Å²) in [6.45, 7) is 0. The van der Waals surface area contributed by atoms with Gasteiger partial charge in [-0.25, -0.2) is 13.2 Å². The first kappa shape index (κ1) is 17.9. The summed E-state index contributed by atoms with van der Waals surface area (Å²) in [6, 6.07) is 8.30. The Kier molecular flexibility index (Phi) is 5.20. The van der Waals surface area contributed by atoms with E-state index in [1.807, 2.05) is 0 Å². The molecule has 0 atom stereocenters. The number of anilines is 1. The predicted molar refractivity (Wildman–Crippen MR) is 88.8 cm³/mol. The smallest absolute Gasteiger partial charge is 0.339 e. The molecule has 0 unspecified atom stereocenters. The first-order valence-corrected chi connectivity index (χ1v) is 8.42. The van der Waals surface area contributed by atoms with Crippen molar-refractivity contribution in [1.82, 2.24) is 0 Å². The van der Waals surface area contributed by atoms with E-state index in [1.54, 1.807) is 12.1 Å². The number of sulfonamides is 1. The zero-order valence-electron chi connectivity index (χ0n) is 12.7. The van der Waals surface area contributed by atoms with Crippen LogP contribution in [0.5, 0.6) is 11.5 Å².